The Bertz CT molecular complexity index is 375. The summed E-state index contributed by atoms with van der Waals surface area (Å²) in [6.07, 6.45) is 1.40. The molecule has 0 radical (unpaired) electrons. The van der Waals surface area contributed by atoms with Crippen LogP contribution in [-0.2, 0) is 11.2 Å². The SMILES string of the molecule is Fc1ccc(F)c(CC2(CBr)CCOC2)c1. The van der Waals surface area contributed by atoms with Gasteiger partial charge in [0.2, 0.25) is 0 Å². The third kappa shape index (κ3) is 2.43. The molecule has 1 aliphatic heterocycles. The molecule has 1 aliphatic rings. The van der Waals surface area contributed by atoms with Crippen molar-refractivity contribution < 1.29 is 13.5 Å². The van der Waals surface area contributed by atoms with Crippen molar-refractivity contribution in [2.75, 3.05) is 18.5 Å². The molecule has 0 spiro atoms. The van der Waals surface area contributed by atoms with Crippen LogP contribution in [0.2, 0.25) is 0 Å². The lowest BCUT2D eigenvalue weighted by Crippen LogP contribution is -2.26. The number of benzene rings is 1. The Morgan fingerprint density at radius 3 is 2.81 bits per heavy atom. The van der Waals surface area contributed by atoms with Crippen LogP contribution in [0, 0.1) is 17.0 Å². The van der Waals surface area contributed by atoms with Gasteiger partial charge in [-0.1, -0.05) is 15.9 Å². The molecular formula is C12H13BrF2O. The molecule has 0 amide bonds. The lowest BCUT2D eigenvalue weighted by molar-refractivity contribution is 0.161. The average molecular weight is 291 g/mol. The van der Waals surface area contributed by atoms with Gasteiger partial charge < -0.3 is 4.74 Å². The fourth-order valence-electron chi connectivity index (χ4n) is 2.02. The lowest BCUT2D eigenvalue weighted by Gasteiger charge is -2.24. The van der Waals surface area contributed by atoms with Gasteiger partial charge in [-0.25, -0.2) is 8.78 Å². The highest BCUT2D eigenvalue weighted by atomic mass is 79.9. The number of alkyl halides is 1. The minimum absolute atomic E-state index is 0.0887. The van der Waals surface area contributed by atoms with Gasteiger partial charge in [-0.05, 0) is 36.6 Å². The van der Waals surface area contributed by atoms with E-state index in [1.807, 2.05) is 0 Å². The second-order valence-corrected chi connectivity index (χ2v) is 4.91. The monoisotopic (exact) mass is 290 g/mol. The maximum absolute atomic E-state index is 13.5. The Kier molecular flexibility index (Phi) is 3.60. The Hall–Kier alpha value is -0.480. The molecule has 2 rings (SSSR count). The highest BCUT2D eigenvalue weighted by Gasteiger charge is 2.34. The summed E-state index contributed by atoms with van der Waals surface area (Å²) in [4.78, 5) is 0. The summed E-state index contributed by atoms with van der Waals surface area (Å²) < 4.78 is 31.9. The summed E-state index contributed by atoms with van der Waals surface area (Å²) in [5, 5.41) is 0.746. The van der Waals surface area contributed by atoms with Gasteiger partial charge in [-0.3, -0.25) is 0 Å². The second kappa shape index (κ2) is 4.80. The van der Waals surface area contributed by atoms with Crippen molar-refractivity contribution >= 4 is 15.9 Å². The maximum Gasteiger partial charge on any atom is 0.126 e. The van der Waals surface area contributed by atoms with Crippen LogP contribution in [0.1, 0.15) is 12.0 Å². The predicted molar refractivity (Wildman–Crippen MR) is 61.7 cm³/mol. The van der Waals surface area contributed by atoms with E-state index < -0.39 is 0 Å². The van der Waals surface area contributed by atoms with E-state index in [1.165, 1.54) is 12.1 Å². The van der Waals surface area contributed by atoms with E-state index >= 15 is 0 Å². The molecule has 0 bridgehead atoms. The van der Waals surface area contributed by atoms with Crippen LogP contribution in [0.15, 0.2) is 18.2 Å². The van der Waals surface area contributed by atoms with Crippen LogP contribution >= 0.6 is 15.9 Å². The molecule has 1 aromatic rings. The third-order valence-corrected chi connectivity index (χ3v) is 4.23. The summed E-state index contributed by atoms with van der Waals surface area (Å²) in [5.74, 6) is -0.728. The van der Waals surface area contributed by atoms with Crippen LogP contribution in [0.25, 0.3) is 0 Å². The van der Waals surface area contributed by atoms with Gasteiger partial charge in [0.25, 0.3) is 0 Å². The summed E-state index contributed by atoms with van der Waals surface area (Å²) in [5.41, 5.74) is 0.346. The van der Waals surface area contributed by atoms with Crippen molar-refractivity contribution in [3.63, 3.8) is 0 Å². The molecule has 16 heavy (non-hydrogen) atoms. The zero-order valence-corrected chi connectivity index (χ0v) is 10.4. The van der Waals surface area contributed by atoms with Crippen LogP contribution < -0.4 is 0 Å². The van der Waals surface area contributed by atoms with Crippen molar-refractivity contribution in [2.45, 2.75) is 12.8 Å². The number of ether oxygens (including phenoxy) is 1. The smallest absolute Gasteiger partial charge is 0.126 e. The van der Waals surface area contributed by atoms with E-state index in [1.54, 1.807) is 0 Å². The van der Waals surface area contributed by atoms with Gasteiger partial charge in [-0.15, -0.1) is 0 Å². The number of hydrogen-bond acceptors (Lipinski definition) is 1. The van der Waals surface area contributed by atoms with Crippen LogP contribution in [0.3, 0.4) is 0 Å². The van der Waals surface area contributed by atoms with Crippen LogP contribution in [0.5, 0.6) is 0 Å². The van der Waals surface area contributed by atoms with Crippen molar-refractivity contribution in [1.29, 1.82) is 0 Å². The molecule has 0 saturated carbocycles. The maximum atomic E-state index is 13.5. The third-order valence-electron chi connectivity index (χ3n) is 3.04. The summed E-state index contributed by atoms with van der Waals surface area (Å²) in [6.45, 7) is 1.30. The molecule has 1 aromatic carbocycles. The standard InChI is InChI=1S/C12H13BrF2O/c13-7-12(3-4-16-8-12)6-9-5-10(14)1-2-11(9)15/h1-2,5H,3-4,6-8H2. The van der Waals surface area contributed by atoms with Gasteiger partial charge in [0.15, 0.2) is 0 Å². The molecule has 1 heterocycles. The highest BCUT2D eigenvalue weighted by Crippen LogP contribution is 2.35. The molecule has 0 aliphatic carbocycles. The molecule has 1 nitrogen and oxygen atoms in total. The van der Waals surface area contributed by atoms with E-state index in [4.69, 9.17) is 4.74 Å². The summed E-state index contributed by atoms with van der Waals surface area (Å²) in [6, 6.07) is 3.60. The van der Waals surface area contributed by atoms with Gasteiger partial charge in [0.05, 0.1) is 6.61 Å². The first kappa shape index (κ1) is 12.0. The molecule has 1 atom stereocenters. The average Bonchev–Trinajstić information content (AvgIpc) is 2.73. The normalized spacial score (nSPS) is 24.9. The van der Waals surface area contributed by atoms with Gasteiger partial charge >= 0.3 is 0 Å². The van der Waals surface area contributed by atoms with Crippen LogP contribution in [0.4, 0.5) is 8.78 Å². The van der Waals surface area contributed by atoms with Crippen molar-refractivity contribution in [3.05, 3.63) is 35.4 Å². The second-order valence-electron chi connectivity index (χ2n) is 4.35. The molecule has 88 valence electrons. The van der Waals surface area contributed by atoms with Gasteiger partial charge in [0.1, 0.15) is 11.6 Å². The van der Waals surface area contributed by atoms with Crippen molar-refractivity contribution in [3.8, 4) is 0 Å². The zero-order valence-electron chi connectivity index (χ0n) is 8.81. The Morgan fingerprint density at radius 1 is 1.38 bits per heavy atom. The van der Waals surface area contributed by atoms with E-state index in [0.717, 1.165) is 17.8 Å². The summed E-state index contributed by atoms with van der Waals surface area (Å²) in [7, 11) is 0. The first-order valence-electron chi connectivity index (χ1n) is 5.23. The molecule has 1 saturated heterocycles. The van der Waals surface area contributed by atoms with E-state index in [9.17, 15) is 8.78 Å². The van der Waals surface area contributed by atoms with E-state index in [0.29, 0.717) is 25.2 Å². The predicted octanol–water partition coefficient (Wildman–Crippen LogP) is 3.31. The number of halogens is 3. The molecule has 0 aromatic heterocycles. The molecule has 1 fully saturated rings. The fourth-order valence-corrected chi connectivity index (χ4v) is 2.66. The van der Waals surface area contributed by atoms with E-state index in [2.05, 4.69) is 15.9 Å². The Morgan fingerprint density at radius 2 is 2.19 bits per heavy atom. The quantitative estimate of drug-likeness (QED) is 0.776. The molecule has 4 heteroatoms. The molecule has 1 unspecified atom stereocenters. The Labute approximate surface area is 102 Å². The fraction of sp³-hybridized carbons (Fsp3) is 0.500. The number of hydrogen-bond donors (Lipinski definition) is 0. The van der Waals surface area contributed by atoms with Crippen molar-refractivity contribution in [1.82, 2.24) is 0 Å². The minimum Gasteiger partial charge on any atom is -0.381 e. The van der Waals surface area contributed by atoms with E-state index in [-0.39, 0.29) is 17.0 Å². The zero-order chi connectivity index (χ0) is 11.6. The van der Waals surface area contributed by atoms with Gasteiger partial charge in [0, 0.05) is 17.4 Å². The highest BCUT2D eigenvalue weighted by molar-refractivity contribution is 9.09. The topological polar surface area (TPSA) is 9.23 Å². The number of rotatable bonds is 3. The Balaban J connectivity index is 2.21. The summed E-state index contributed by atoms with van der Waals surface area (Å²) >= 11 is 3.44. The minimum atomic E-state index is -0.389. The van der Waals surface area contributed by atoms with Crippen molar-refractivity contribution in [2.24, 2.45) is 5.41 Å². The molecular weight excluding hydrogens is 278 g/mol. The first-order valence-corrected chi connectivity index (χ1v) is 6.35. The van der Waals surface area contributed by atoms with Crippen LogP contribution in [-0.4, -0.2) is 18.5 Å². The first-order chi connectivity index (χ1) is 7.65. The molecule has 0 N–H and O–H groups in total. The lowest BCUT2D eigenvalue weighted by atomic mass is 9.83. The largest absolute Gasteiger partial charge is 0.381 e. The van der Waals surface area contributed by atoms with Gasteiger partial charge in [-0.2, -0.15) is 0 Å².